The van der Waals surface area contributed by atoms with Gasteiger partial charge in [-0.05, 0) is 18.2 Å². The molecule has 0 saturated carbocycles. The fourth-order valence-electron chi connectivity index (χ4n) is 1.91. The molecule has 1 N–H and O–H groups in total. The average molecular weight is 404 g/mol. The second-order valence-electron chi connectivity index (χ2n) is 4.61. The molecule has 2 rings (SSSR count). The monoisotopic (exact) mass is 403 g/mol. The van der Waals surface area contributed by atoms with E-state index in [4.69, 9.17) is 23.2 Å². The average Bonchev–Trinajstić information content (AvgIpc) is 2.76. The van der Waals surface area contributed by atoms with E-state index >= 15 is 0 Å². The molecule has 0 aliphatic heterocycles. The Kier molecular flexibility index (Phi) is 5.43. The van der Waals surface area contributed by atoms with E-state index < -0.39 is 35.1 Å². The summed E-state index contributed by atoms with van der Waals surface area (Å²) in [6.07, 6.45) is -4.80. The first kappa shape index (κ1) is 19.3. The molecule has 1 amide bonds. The van der Waals surface area contributed by atoms with Gasteiger partial charge in [-0.1, -0.05) is 23.2 Å². The molecule has 1 heterocycles. The fourth-order valence-corrected chi connectivity index (χ4v) is 2.49. The second-order valence-corrected chi connectivity index (χ2v) is 5.40. The van der Waals surface area contributed by atoms with Gasteiger partial charge in [0.25, 0.3) is 5.91 Å². The summed E-state index contributed by atoms with van der Waals surface area (Å²) in [6, 6.07) is 3.31. The summed E-state index contributed by atoms with van der Waals surface area (Å²) in [7, 11) is 0.985. The molecule has 0 spiro atoms. The highest BCUT2D eigenvalue weighted by Gasteiger charge is 2.40. The van der Waals surface area contributed by atoms with Gasteiger partial charge in [-0.2, -0.15) is 27.1 Å². The molecule has 0 bridgehead atoms. The number of aryl methyl sites for hydroxylation is 1. The summed E-state index contributed by atoms with van der Waals surface area (Å²) < 4.78 is 67.4. The number of ether oxygens (including phenoxy) is 1. The molecule has 5 nitrogen and oxygen atoms in total. The molecule has 1 aromatic heterocycles. The van der Waals surface area contributed by atoms with Crippen molar-refractivity contribution in [2.24, 2.45) is 7.05 Å². The summed E-state index contributed by atoms with van der Waals surface area (Å²) in [5, 5.41) is 4.57. The molecule has 1 aromatic carbocycles. The SMILES string of the molecule is Cn1nc(C(=O)Nc2ccc(OC(F)F)c(Cl)c2)c(Cl)c1C(F)(F)F. The topological polar surface area (TPSA) is 56.2 Å². The van der Waals surface area contributed by atoms with Crippen molar-refractivity contribution in [1.29, 1.82) is 0 Å². The number of rotatable bonds is 4. The second kappa shape index (κ2) is 7.04. The number of aromatic nitrogens is 2. The zero-order chi connectivity index (χ0) is 18.9. The minimum absolute atomic E-state index is 0.0203. The lowest BCUT2D eigenvalue weighted by atomic mass is 10.2. The van der Waals surface area contributed by atoms with Crippen LogP contribution < -0.4 is 10.1 Å². The van der Waals surface area contributed by atoms with Crippen LogP contribution in [0.5, 0.6) is 5.75 Å². The highest BCUT2D eigenvalue weighted by Crippen LogP contribution is 2.36. The van der Waals surface area contributed by atoms with E-state index in [1.165, 1.54) is 6.07 Å². The Morgan fingerprint density at radius 1 is 1.32 bits per heavy atom. The maximum Gasteiger partial charge on any atom is 0.434 e. The third-order valence-electron chi connectivity index (χ3n) is 2.88. The van der Waals surface area contributed by atoms with E-state index in [0.717, 1.165) is 19.2 Å². The number of carbonyl (C=O) groups excluding carboxylic acids is 1. The number of carbonyl (C=O) groups is 1. The first-order valence-corrected chi connectivity index (χ1v) is 7.11. The lowest BCUT2D eigenvalue weighted by Crippen LogP contribution is -2.13. The number of nitrogens with one attached hydrogen (secondary N) is 1. The van der Waals surface area contributed by atoms with Crippen LogP contribution in [0.4, 0.5) is 27.6 Å². The van der Waals surface area contributed by atoms with Gasteiger partial charge in [0, 0.05) is 12.7 Å². The van der Waals surface area contributed by atoms with Gasteiger partial charge in [-0.3, -0.25) is 9.48 Å². The summed E-state index contributed by atoms with van der Waals surface area (Å²) in [5.74, 6) is -1.36. The Bertz CT molecular complexity index is 808. The third kappa shape index (κ3) is 4.31. The molecule has 0 fully saturated rings. The van der Waals surface area contributed by atoms with Crippen LogP contribution in [-0.2, 0) is 13.2 Å². The summed E-state index contributed by atoms with van der Waals surface area (Å²) in [6.45, 7) is -3.09. The Balaban J connectivity index is 2.25. The third-order valence-corrected chi connectivity index (χ3v) is 3.53. The van der Waals surface area contributed by atoms with Crippen molar-refractivity contribution in [3.05, 3.63) is 39.6 Å². The smallest absolute Gasteiger partial charge is 0.433 e. The minimum atomic E-state index is -4.80. The van der Waals surface area contributed by atoms with Crippen LogP contribution in [0.1, 0.15) is 16.2 Å². The highest BCUT2D eigenvalue weighted by molar-refractivity contribution is 6.35. The number of amides is 1. The standard InChI is InChI=1S/C13H8Cl2F5N3O2/c1-23-10(13(18,19)20)8(15)9(22-23)11(24)21-5-2-3-7(6(14)4-5)25-12(16)17/h2-4,12H,1H3,(H,21,24). The number of alkyl halides is 5. The van der Waals surface area contributed by atoms with Gasteiger partial charge in [0.1, 0.15) is 10.8 Å². The summed E-state index contributed by atoms with van der Waals surface area (Å²) >= 11 is 11.3. The van der Waals surface area contributed by atoms with Crippen molar-refractivity contribution in [2.45, 2.75) is 12.8 Å². The molecule has 0 saturated heterocycles. The molecular formula is C13H8Cl2F5N3O2. The van der Waals surface area contributed by atoms with Gasteiger partial charge >= 0.3 is 12.8 Å². The lowest BCUT2D eigenvalue weighted by Gasteiger charge is -2.09. The fraction of sp³-hybridized carbons (Fsp3) is 0.231. The van der Waals surface area contributed by atoms with Gasteiger partial charge in [0.05, 0.1) is 5.02 Å². The van der Waals surface area contributed by atoms with Crippen molar-refractivity contribution in [2.75, 3.05) is 5.32 Å². The summed E-state index contributed by atoms with van der Waals surface area (Å²) in [4.78, 5) is 12.1. The van der Waals surface area contributed by atoms with E-state index in [-0.39, 0.29) is 16.5 Å². The van der Waals surface area contributed by atoms with E-state index in [1.807, 2.05) is 0 Å². The quantitative estimate of drug-likeness (QED) is 0.759. The zero-order valence-corrected chi connectivity index (χ0v) is 13.7. The molecule has 0 radical (unpaired) electrons. The van der Waals surface area contributed by atoms with Crippen LogP contribution in [0.15, 0.2) is 18.2 Å². The Morgan fingerprint density at radius 2 is 1.96 bits per heavy atom. The van der Waals surface area contributed by atoms with Crippen LogP contribution in [0.25, 0.3) is 0 Å². The van der Waals surface area contributed by atoms with E-state index in [9.17, 15) is 26.7 Å². The van der Waals surface area contributed by atoms with Gasteiger partial charge in [0.2, 0.25) is 0 Å². The largest absolute Gasteiger partial charge is 0.434 e. The van der Waals surface area contributed by atoms with Crippen molar-refractivity contribution < 1.29 is 31.5 Å². The van der Waals surface area contributed by atoms with E-state index in [0.29, 0.717) is 4.68 Å². The number of hydrogen-bond donors (Lipinski definition) is 1. The molecule has 136 valence electrons. The van der Waals surface area contributed by atoms with Gasteiger partial charge in [0.15, 0.2) is 11.4 Å². The Hall–Kier alpha value is -2.07. The number of nitrogens with zero attached hydrogens (tertiary/aromatic N) is 2. The van der Waals surface area contributed by atoms with Crippen molar-refractivity contribution in [3.8, 4) is 5.75 Å². The predicted molar refractivity (Wildman–Crippen MR) is 79.3 cm³/mol. The van der Waals surface area contributed by atoms with Crippen molar-refractivity contribution >= 4 is 34.8 Å². The van der Waals surface area contributed by atoms with Crippen LogP contribution in [0, 0.1) is 0 Å². The predicted octanol–water partition coefficient (Wildman–Crippen LogP) is 4.60. The Morgan fingerprint density at radius 3 is 2.44 bits per heavy atom. The number of benzene rings is 1. The van der Waals surface area contributed by atoms with E-state index in [2.05, 4.69) is 15.2 Å². The number of hydrogen-bond acceptors (Lipinski definition) is 3. The number of halogens is 7. The zero-order valence-electron chi connectivity index (χ0n) is 12.2. The molecule has 0 aliphatic rings. The summed E-state index contributed by atoms with van der Waals surface area (Å²) in [5.41, 5.74) is -1.91. The van der Waals surface area contributed by atoms with Gasteiger partial charge in [-0.15, -0.1) is 0 Å². The molecule has 2 aromatic rings. The first-order chi connectivity index (χ1) is 11.5. The molecule has 0 aliphatic carbocycles. The van der Waals surface area contributed by atoms with Crippen LogP contribution in [0.3, 0.4) is 0 Å². The highest BCUT2D eigenvalue weighted by atomic mass is 35.5. The number of anilines is 1. The van der Waals surface area contributed by atoms with Gasteiger partial charge < -0.3 is 10.1 Å². The molecule has 0 atom stereocenters. The first-order valence-electron chi connectivity index (χ1n) is 6.36. The Labute approximate surface area is 147 Å². The molecule has 0 unspecified atom stereocenters. The maximum absolute atomic E-state index is 12.8. The van der Waals surface area contributed by atoms with Crippen molar-refractivity contribution in [1.82, 2.24) is 9.78 Å². The van der Waals surface area contributed by atoms with Crippen LogP contribution in [-0.4, -0.2) is 22.3 Å². The molecule has 25 heavy (non-hydrogen) atoms. The van der Waals surface area contributed by atoms with Crippen molar-refractivity contribution in [3.63, 3.8) is 0 Å². The lowest BCUT2D eigenvalue weighted by molar-refractivity contribution is -0.143. The van der Waals surface area contributed by atoms with Crippen LogP contribution in [0.2, 0.25) is 10.0 Å². The minimum Gasteiger partial charge on any atom is -0.433 e. The van der Waals surface area contributed by atoms with Gasteiger partial charge in [-0.25, -0.2) is 0 Å². The normalized spacial score (nSPS) is 11.7. The van der Waals surface area contributed by atoms with Crippen LogP contribution >= 0.6 is 23.2 Å². The van der Waals surface area contributed by atoms with E-state index in [1.54, 1.807) is 0 Å². The maximum atomic E-state index is 12.8. The molecular weight excluding hydrogens is 396 g/mol. The molecule has 12 heteroatoms.